The molecule has 2 aromatic rings. The molecule has 0 saturated heterocycles. The molecule has 0 heterocycles. The van der Waals surface area contributed by atoms with Crippen LogP contribution in [0.1, 0.15) is 0 Å². The second-order valence-corrected chi connectivity index (χ2v) is 6.84. The van der Waals surface area contributed by atoms with Gasteiger partial charge in [-0.3, -0.25) is 9.11 Å². The van der Waals surface area contributed by atoms with E-state index in [9.17, 15) is 16.8 Å². The van der Waals surface area contributed by atoms with Gasteiger partial charge in [-0.25, -0.2) is 0 Å². The minimum absolute atomic E-state index is 0. The molecule has 0 radical (unpaired) electrons. The van der Waals surface area contributed by atoms with Gasteiger partial charge in [-0.15, -0.1) is 0 Å². The second-order valence-electron chi connectivity index (χ2n) is 4.00. The Morgan fingerprint density at radius 1 is 0.571 bits per heavy atom. The minimum atomic E-state index is -4.24. The molecule has 21 heavy (non-hydrogen) atoms. The molecular weight excluding hydrogens is 343 g/mol. The fourth-order valence-corrected chi connectivity index (χ4v) is 2.60. The van der Waals surface area contributed by atoms with Crippen molar-refractivity contribution < 1.29 is 25.9 Å². The van der Waals surface area contributed by atoms with Crippen molar-refractivity contribution in [1.82, 2.24) is 0 Å². The average molecular weight is 354 g/mol. The van der Waals surface area contributed by atoms with Crippen LogP contribution in [0, 0.1) is 0 Å². The number of rotatable bonds is 3. The van der Waals surface area contributed by atoms with Gasteiger partial charge in [-0.1, -0.05) is 24.3 Å². The first-order valence-electron chi connectivity index (χ1n) is 5.33. The van der Waals surface area contributed by atoms with Crippen molar-refractivity contribution in [3.05, 3.63) is 48.5 Å². The van der Waals surface area contributed by atoms with E-state index in [2.05, 4.69) is 0 Å². The van der Waals surface area contributed by atoms with Crippen molar-refractivity contribution in [1.29, 1.82) is 0 Å². The average Bonchev–Trinajstić information content (AvgIpc) is 2.37. The summed E-state index contributed by atoms with van der Waals surface area (Å²) >= 11 is 0. The maximum atomic E-state index is 10.9. The summed E-state index contributed by atoms with van der Waals surface area (Å²) in [5, 5.41) is 0. The molecule has 0 amide bonds. The summed E-state index contributed by atoms with van der Waals surface area (Å²) in [6.45, 7) is 0. The van der Waals surface area contributed by atoms with Crippen LogP contribution in [-0.4, -0.2) is 77.3 Å². The number of hydrogen-bond acceptors (Lipinski definition) is 4. The fraction of sp³-hybridized carbons (Fsp3) is 0. The van der Waals surface area contributed by atoms with Gasteiger partial charge in [-0.05, 0) is 35.4 Å². The van der Waals surface area contributed by atoms with Gasteiger partial charge in [0.05, 0.1) is 9.79 Å². The summed E-state index contributed by atoms with van der Waals surface area (Å²) in [5.41, 5.74) is 1.28. The van der Waals surface area contributed by atoms with E-state index >= 15 is 0 Å². The first-order chi connectivity index (χ1) is 9.18. The van der Waals surface area contributed by atoms with Gasteiger partial charge in [0.25, 0.3) is 20.2 Å². The van der Waals surface area contributed by atoms with E-state index in [-0.39, 0.29) is 61.2 Å². The standard InChI is InChI=1S/C12H10O6S2.K.H/c13-19(14,15)11-5-1-9(2-6-11)10-3-7-12(8-4-10)20(16,17)18;;/h1-8H,(H,13,14,15)(H,16,17,18);;. The normalized spacial score (nSPS) is 11.7. The van der Waals surface area contributed by atoms with Crippen LogP contribution in [0.4, 0.5) is 0 Å². The van der Waals surface area contributed by atoms with Gasteiger partial charge in [0.15, 0.2) is 0 Å². The SMILES string of the molecule is O=S(=O)(O)c1ccc(-c2ccc(S(=O)(=O)O)cc2)cc1.[KH]. The predicted molar refractivity (Wildman–Crippen MR) is 78.7 cm³/mol. The summed E-state index contributed by atoms with van der Waals surface area (Å²) < 4.78 is 61.3. The van der Waals surface area contributed by atoms with Crippen molar-refractivity contribution >= 4 is 71.6 Å². The zero-order chi connectivity index (χ0) is 15.0. The summed E-state index contributed by atoms with van der Waals surface area (Å²) in [6, 6.07) is 10.9. The molecule has 9 heteroatoms. The molecule has 0 spiro atoms. The van der Waals surface area contributed by atoms with Crippen molar-refractivity contribution in [3.63, 3.8) is 0 Å². The van der Waals surface area contributed by atoms with E-state index in [1.807, 2.05) is 0 Å². The van der Waals surface area contributed by atoms with Crippen LogP contribution in [0.25, 0.3) is 11.1 Å². The van der Waals surface area contributed by atoms with Gasteiger partial charge in [0.2, 0.25) is 0 Å². The Morgan fingerprint density at radius 3 is 1.00 bits per heavy atom. The Balaban J connectivity index is 0.00000220. The molecule has 0 unspecified atom stereocenters. The molecule has 0 aliphatic heterocycles. The summed E-state index contributed by atoms with van der Waals surface area (Å²) in [7, 11) is -8.48. The van der Waals surface area contributed by atoms with Crippen LogP contribution in [0.15, 0.2) is 58.3 Å². The molecule has 0 bridgehead atoms. The molecule has 2 aromatic carbocycles. The summed E-state index contributed by atoms with van der Waals surface area (Å²) in [4.78, 5) is -0.452. The topological polar surface area (TPSA) is 109 Å². The molecule has 0 atom stereocenters. The quantitative estimate of drug-likeness (QED) is 0.633. The molecule has 2 rings (SSSR count). The molecule has 0 aliphatic carbocycles. The summed E-state index contributed by atoms with van der Waals surface area (Å²) in [6.07, 6.45) is 0. The van der Waals surface area contributed by atoms with Crippen LogP contribution in [0.3, 0.4) is 0 Å². The van der Waals surface area contributed by atoms with Gasteiger partial charge >= 0.3 is 51.4 Å². The van der Waals surface area contributed by atoms with Crippen LogP contribution < -0.4 is 0 Å². The van der Waals surface area contributed by atoms with Crippen molar-refractivity contribution in [2.45, 2.75) is 9.79 Å². The predicted octanol–water partition coefficient (Wildman–Crippen LogP) is 1.20. The molecule has 2 N–H and O–H groups in total. The van der Waals surface area contributed by atoms with Gasteiger partial charge < -0.3 is 0 Å². The van der Waals surface area contributed by atoms with E-state index in [0.717, 1.165) is 0 Å². The van der Waals surface area contributed by atoms with Gasteiger partial charge in [0, 0.05) is 0 Å². The van der Waals surface area contributed by atoms with Crippen LogP contribution in [-0.2, 0) is 20.2 Å². The number of benzene rings is 2. The molecule has 0 aromatic heterocycles. The second kappa shape index (κ2) is 6.98. The molecule has 0 saturated carbocycles. The molecule has 108 valence electrons. The molecule has 6 nitrogen and oxygen atoms in total. The van der Waals surface area contributed by atoms with E-state index in [4.69, 9.17) is 9.11 Å². The Bertz CT molecular complexity index is 751. The third-order valence-electron chi connectivity index (χ3n) is 2.64. The van der Waals surface area contributed by atoms with E-state index < -0.39 is 20.2 Å². The zero-order valence-corrected chi connectivity index (χ0v) is 11.6. The van der Waals surface area contributed by atoms with Crippen molar-refractivity contribution in [2.24, 2.45) is 0 Å². The molecule has 0 aliphatic rings. The first-order valence-corrected chi connectivity index (χ1v) is 8.21. The van der Waals surface area contributed by atoms with Gasteiger partial charge in [-0.2, -0.15) is 16.8 Å². The molecular formula is C12H11KO6S2. The number of hydrogen-bond donors (Lipinski definition) is 2. The van der Waals surface area contributed by atoms with E-state index in [1.165, 1.54) is 48.5 Å². The Hall–Kier alpha value is -0.104. The van der Waals surface area contributed by atoms with E-state index in [1.54, 1.807) is 0 Å². The first kappa shape index (κ1) is 18.9. The van der Waals surface area contributed by atoms with Gasteiger partial charge in [0.1, 0.15) is 0 Å². The Morgan fingerprint density at radius 2 is 0.810 bits per heavy atom. The Labute approximate surface area is 165 Å². The fourth-order valence-electron chi connectivity index (χ4n) is 1.64. The molecule has 0 fully saturated rings. The van der Waals surface area contributed by atoms with Crippen molar-refractivity contribution in [3.8, 4) is 11.1 Å². The monoisotopic (exact) mass is 354 g/mol. The van der Waals surface area contributed by atoms with Crippen LogP contribution >= 0.6 is 0 Å². The maximum absolute atomic E-state index is 10.9. The third kappa shape index (κ3) is 4.95. The van der Waals surface area contributed by atoms with Crippen LogP contribution in [0.2, 0.25) is 0 Å². The summed E-state index contributed by atoms with van der Waals surface area (Å²) in [5.74, 6) is 0. The zero-order valence-electron chi connectivity index (χ0n) is 9.96. The van der Waals surface area contributed by atoms with Crippen LogP contribution in [0.5, 0.6) is 0 Å². The van der Waals surface area contributed by atoms with E-state index in [0.29, 0.717) is 11.1 Å². The Kier molecular flexibility index (Phi) is 6.30. The van der Waals surface area contributed by atoms with Crippen molar-refractivity contribution in [2.75, 3.05) is 0 Å². The third-order valence-corrected chi connectivity index (χ3v) is 4.37.